The van der Waals surface area contributed by atoms with Crippen LogP contribution in [0, 0.1) is 0 Å². The highest BCUT2D eigenvalue weighted by atomic mass is 16.5. The van der Waals surface area contributed by atoms with Crippen molar-refractivity contribution in [3.63, 3.8) is 0 Å². The Bertz CT molecular complexity index is 349. The fraction of sp³-hybridized carbons (Fsp3) is 0.500. The number of anilines is 1. The number of nitrogens with one attached hydrogen (secondary N) is 1. The predicted molar refractivity (Wildman–Crippen MR) is 73.8 cm³/mol. The van der Waals surface area contributed by atoms with E-state index in [4.69, 9.17) is 10.5 Å². The Morgan fingerprint density at radius 3 is 2.61 bits per heavy atom. The van der Waals surface area contributed by atoms with Gasteiger partial charge in [-0.15, -0.1) is 0 Å². The number of carbonyl (C=O) groups excluding carboxylic acids is 1. The number of hydrogen-bond donors (Lipinski definition) is 2. The number of nitrogens with two attached hydrogens (primary N) is 1. The molecule has 100 valence electrons. The first kappa shape index (κ1) is 14.5. The fourth-order valence-corrected chi connectivity index (χ4v) is 1.57. The second-order valence-electron chi connectivity index (χ2n) is 4.17. The van der Waals surface area contributed by atoms with E-state index < -0.39 is 0 Å². The molecule has 0 spiro atoms. The van der Waals surface area contributed by atoms with E-state index in [2.05, 4.69) is 12.2 Å². The van der Waals surface area contributed by atoms with Crippen molar-refractivity contribution in [3.05, 3.63) is 24.3 Å². The molecule has 0 fully saturated rings. The molecule has 0 saturated heterocycles. The molecule has 0 aromatic heterocycles. The number of carbonyl (C=O) groups is 1. The Kier molecular flexibility index (Phi) is 6.87. The summed E-state index contributed by atoms with van der Waals surface area (Å²) in [7, 11) is 0. The van der Waals surface area contributed by atoms with E-state index in [1.165, 1.54) is 0 Å². The van der Waals surface area contributed by atoms with Gasteiger partial charge in [-0.2, -0.15) is 0 Å². The highest BCUT2D eigenvalue weighted by molar-refractivity contribution is 5.90. The largest absolute Gasteiger partial charge is 0.492 e. The van der Waals surface area contributed by atoms with E-state index in [0.717, 1.165) is 30.7 Å². The lowest BCUT2D eigenvalue weighted by Crippen LogP contribution is -2.12. The van der Waals surface area contributed by atoms with Crippen LogP contribution < -0.4 is 15.8 Å². The Morgan fingerprint density at radius 2 is 2.00 bits per heavy atom. The van der Waals surface area contributed by atoms with Crippen LogP contribution in [0.1, 0.15) is 32.6 Å². The van der Waals surface area contributed by atoms with Gasteiger partial charge >= 0.3 is 0 Å². The van der Waals surface area contributed by atoms with Crippen molar-refractivity contribution in [1.82, 2.24) is 0 Å². The first-order valence-corrected chi connectivity index (χ1v) is 6.49. The summed E-state index contributed by atoms with van der Waals surface area (Å²) >= 11 is 0. The van der Waals surface area contributed by atoms with Gasteiger partial charge in [0.2, 0.25) is 5.91 Å². The van der Waals surface area contributed by atoms with Gasteiger partial charge in [-0.25, -0.2) is 0 Å². The van der Waals surface area contributed by atoms with Crippen molar-refractivity contribution in [1.29, 1.82) is 0 Å². The van der Waals surface area contributed by atoms with Crippen LogP contribution in [0.2, 0.25) is 0 Å². The van der Waals surface area contributed by atoms with Crippen molar-refractivity contribution < 1.29 is 9.53 Å². The molecular formula is C14H22N2O2. The quantitative estimate of drug-likeness (QED) is 0.697. The Balaban J connectivity index is 2.35. The maximum absolute atomic E-state index is 11.6. The van der Waals surface area contributed by atoms with Gasteiger partial charge in [0.05, 0.1) is 0 Å². The lowest BCUT2D eigenvalue weighted by Gasteiger charge is -2.07. The van der Waals surface area contributed by atoms with Crippen LogP contribution in [0.25, 0.3) is 0 Å². The maximum atomic E-state index is 11.6. The van der Waals surface area contributed by atoms with Crippen LogP contribution >= 0.6 is 0 Å². The van der Waals surface area contributed by atoms with Gasteiger partial charge < -0.3 is 15.8 Å². The van der Waals surface area contributed by atoms with E-state index in [9.17, 15) is 4.79 Å². The van der Waals surface area contributed by atoms with E-state index in [1.807, 2.05) is 24.3 Å². The average Bonchev–Trinajstić information content (AvgIpc) is 2.38. The molecule has 3 N–H and O–H groups in total. The predicted octanol–water partition coefficient (Wildman–Crippen LogP) is 2.54. The van der Waals surface area contributed by atoms with E-state index in [0.29, 0.717) is 19.6 Å². The van der Waals surface area contributed by atoms with Crippen molar-refractivity contribution in [3.8, 4) is 5.75 Å². The third-order valence-corrected chi connectivity index (χ3v) is 2.53. The summed E-state index contributed by atoms with van der Waals surface area (Å²) in [6, 6.07) is 7.34. The number of unbranched alkanes of at least 4 members (excludes halogenated alkanes) is 2. The number of hydrogen-bond acceptors (Lipinski definition) is 3. The Morgan fingerprint density at radius 1 is 1.28 bits per heavy atom. The molecule has 0 unspecified atom stereocenters. The van der Waals surface area contributed by atoms with Crippen LogP contribution in [0.15, 0.2) is 24.3 Å². The molecule has 1 aromatic carbocycles. The zero-order valence-electron chi connectivity index (χ0n) is 10.9. The van der Waals surface area contributed by atoms with Crippen molar-refractivity contribution in [2.75, 3.05) is 18.5 Å². The van der Waals surface area contributed by atoms with Crippen LogP contribution in [0.4, 0.5) is 5.69 Å². The maximum Gasteiger partial charge on any atom is 0.224 e. The topological polar surface area (TPSA) is 64.3 Å². The SMILES string of the molecule is CCCCCC(=O)Nc1ccc(OCCN)cc1. The second-order valence-corrected chi connectivity index (χ2v) is 4.17. The Hall–Kier alpha value is -1.55. The molecule has 0 heterocycles. The lowest BCUT2D eigenvalue weighted by atomic mass is 10.2. The molecule has 4 nitrogen and oxygen atoms in total. The van der Waals surface area contributed by atoms with E-state index in [-0.39, 0.29) is 5.91 Å². The average molecular weight is 250 g/mol. The zero-order valence-corrected chi connectivity index (χ0v) is 10.9. The molecule has 0 atom stereocenters. The minimum atomic E-state index is 0.0686. The summed E-state index contributed by atoms with van der Waals surface area (Å²) in [4.78, 5) is 11.6. The van der Waals surface area contributed by atoms with Crippen molar-refractivity contribution in [2.45, 2.75) is 32.6 Å². The van der Waals surface area contributed by atoms with Crippen LogP contribution in [0.5, 0.6) is 5.75 Å². The molecule has 0 aliphatic rings. The first-order valence-electron chi connectivity index (χ1n) is 6.49. The van der Waals surface area contributed by atoms with Crippen molar-refractivity contribution in [2.24, 2.45) is 5.73 Å². The highest BCUT2D eigenvalue weighted by Gasteiger charge is 2.02. The van der Waals surface area contributed by atoms with Crippen molar-refractivity contribution >= 4 is 11.6 Å². The van der Waals surface area contributed by atoms with Crippen LogP contribution in [0.3, 0.4) is 0 Å². The summed E-state index contributed by atoms with van der Waals surface area (Å²) in [5.74, 6) is 0.837. The number of amides is 1. The minimum Gasteiger partial charge on any atom is -0.492 e. The summed E-state index contributed by atoms with van der Waals surface area (Å²) in [5.41, 5.74) is 6.15. The highest BCUT2D eigenvalue weighted by Crippen LogP contribution is 2.16. The summed E-state index contributed by atoms with van der Waals surface area (Å²) < 4.78 is 5.36. The monoisotopic (exact) mass is 250 g/mol. The van der Waals surface area contributed by atoms with Crippen LogP contribution in [-0.4, -0.2) is 19.1 Å². The minimum absolute atomic E-state index is 0.0686. The molecule has 0 radical (unpaired) electrons. The van der Waals surface area contributed by atoms with E-state index >= 15 is 0 Å². The van der Waals surface area contributed by atoms with Gasteiger partial charge in [-0.05, 0) is 30.7 Å². The molecule has 1 rings (SSSR count). The molecule has 0 saturated carbocycles. The van der Waals surface area contributed by atoms with Gasteiger partial charge in [-0.3, -0.25) is 4.79 Å². The summed E-state index contributed by atoms with van der Waals surface area (Å²) in [6.45, 7) is 3.12. The molecule has 0 aliphatic carbocycles. The normalized spacial score (nSPS) is 10.1. The number of benzene rings is 1. The molecule has 0 bridgehead atoms. The van der Waals surface area contributed by atoms with E-state index in [1.54, 1.807) is 0 Å². The third kappa shape index (κ3) is 5.68. The molecule has 1 amide bonds. The van der Waals surface area contributed by atoms with Gasteiger partial charge in [0.15, 0.2) is 0 Å². The number of rotatable bonds is 8. The fourth-order valence-electron chi connectivity index (χ4n) is 1.57. The van der Waals surface area contributed by atoms with Gasteiger partial charge in [0.1, 0.15) is 12.4 Å². The molecular weight excluding hydrogens is 228 g/mol. The smallest absolute Gasteiger partial charge is 0.224 e. The molecule has 1 aromatic rings. The Labute approximate surface area is 109 Å². The number of ether oxygens (including phenoxy) is 1. The lowest BCUT2D eigenvalue weighted by molar-refractivity contribution is -0.116. The summed E-state index contributed by atoms with van der Waals surface area (Å²) in [6.07, 6.45) is 3.75. The van der Waals surface area contributed by atoms with Crippen LogP contribution in [-0.2, 0) is 4.79 Å². The van der Waals surface area contributed by atoms with Gasteiger partial charge in [-0.1, -0.05) is 19.8 Å². The summed E-state index contributed by atoms with van der Waals surface area (Å²) in [5, 5.41) is 2.86. The zero-order chi connectivity index (χ0) is 13.2. The second kappa shape index (κ2) is 8.53. The third-order valence-electron chi connectivity index (χ3n) is 2.53. The van der Waals surface area contributed by atoms with Gasteiger partial charge in [0.25, 0.3) is 0 Å². The van der Waals surface area contributed by atoms with Gasteiger partial charge in [0, 0.05) is 18.7 Å². The first-order chi connectivity index (χ1) is 8.76. The standard InChI is InChI=1S/C14H22N2O2/c1-2-3-4-5-14(17)16-12-6-8-13(9-7-12)18-11-10-15/h6-9H,2-5,10-11,15H2,1H3,(H,16,17). The molecule has 4 heteroatoms. The molecule has 0 aliphatic heterocycles. The molecule has 18 heavy (non-hydrogen) atoms.